The van der Waals surface area contributed by atoms with Crippen molar-refractivity contribution in [3.63, 3.8) is 0 Å². The molecule has 0 aliphatic rings. The second-order valence-corrected chi connectivity index (χ2v) is 16.7. The number of fused-ring (bicyclic) bond motifs is 7. The first kappa shape index (κ1) is 35.2. The van der Waals surface area contributed by atoms with Gasteiger partial charge in [-0.15, -0.1) is 11.3 Å². The maximum absolute atomic E-state index is 6.41. The molecule has 0 radical (unpaired) electrons. The van der Waals surface area contributed by atoms with E-state index in [0.717, 1.165) is 55.7 Å². The number of para-hydroxylation sites is 2. The van der Waals surface area contributed by atoms with Crippen molar-refractivity contribution in [2.24, 2.45) is 0 Å². The van der Waals surface area contributed by atoms with Crippen LogP contribution in [0.15, 0.2) is 229 Å². The Bertz CT molecular complexity index is 3610. The third-order valence-corrected chi connectivity index (χ3v) is 13.2. The molecule has 0 bridgehead atoms. The van der Waals surface area contributed by atoms with Gasteiger partial charge in [-0.2, -0.15) is 0 Å². The number of hydrogen-bond acceptors (Lipinski definition) is 3. The maximum Gasteiger partial charge on any atom is 0.136 e. The molecule has 12 rings (SSSR count). The van der Waals surface area contributed by atoms with Gasteiger partial charge in [0.2, 0.25) is 0 Å². The van der Waals surface area contributed by atoms with Gasteiger partial charge in [-0.25, -0.2) is 0 Å². The van der Waals surface area contributed by atoms with E-state index in [2.05, 4.69) is 217 Å². The lowest BCUT2D eigenvalue weighted by molar-refractivity contribution is 0.669. The average molecular weight is 796 g/mol. The standard InChI is InChI=1S/C58H37NOS/c1-2-17-45-39(13-1)14-12-23-49(45)48-20-4-3-18-46(48)41-15-11-16-44(35-41)59(43-31-27-38(28-32-43)40-29-34-53-52-22-7-10-26-57(52)61-58(53)37-40)54-24-8-5-19-47(54)42-30-33-51-50-21-6-9-25-55(50)60-56(51)36-42/h1-37H. The number of anilines is 3. The SMILES string of the molecule is c1cc(-c2ccccc2-c2cccc3ccccc23)cc(N(c2ccc(-c3ccc4c(c3)sc3ccccc34)cc2)c2ccccc2-c2ccc3c(c2)oc2ccccc23)c1. The average Bonchev–Trinajstić information content (AvgIpc) is 3.90. The Morgan fingerprint density at radius 2 is 0.918 bits per heavy atom. The van der Waals surface area contributed by atoms with Crippen LogP contribution in [-0.2, 0) is 0 Å². The van der Waals surface area contributed by atoms with Crippen molar-refractivity contribution < 1.29 is 4.42 Å². The fourth-order valence-electron chi connectivity index (χ4n) is 9.18. The van der Waals surface area contributed by atoms with E-state index in [1.807, 2.05) is 23.5 Å². The molecule has 0 saturated heterocycles. The molecule has 0 fully saturated rings. The molecular formula is C58H37NOS. The quantitative estimate of drug-likeness (QED) is 0.160. The number of thiophene rings is 1. The van der Waals surface area contributed by atoms with Gasteiger partial charge < -0.3 is 9.32 Å². The van der Waals surface area contributed by atoms with Crippen LogP contribution in [0, 0.1) is 0 Å². The van der Waals surface area contributed by atoms with Crippen LogP contribution < -0.4 is 4.90 Å². The summed E-state index contributed by atoms with van der Waals surface area (Å²) in [5.41, 5.74) is 14.4. The van der Waals surface area contributed by atoms with Gasteiger partial charge in [0.25, 0.3) is 0 Å². The van der Waals surface area contributed by atoms with Crippen molar-refractivity contribution in [3.05, 3.63) is 224 Å². The molecule has 0 aliphatic heterocycles. The molecule has 61 heavy (non-hydrogen) atoms. The lowest BCUT2D eigenvalue weighted by Crippen LogP contribution is -2.11. The highest BCUT2D eigenvalue weighted by Crippen LogP contribution is 2.45. The molecule has 0 N–H and O–H groups in total. The number of hydrogen-bond donors (Lipinski definition) is 0. The van der Waals surface area contributed by atoms with Gasteiger partial charge in [0.05, 0.1) is 5.69 Å². The Morgan fingerprint density at radius 1 is 0.311 bits per heavy atom. The van der Waals surface area contributed by atoms with Gasteiger partial charge in [-0.3, -0.25) is 0 Å². The summed E-state index contributed by atoms with van der Waals surface area (Å²) >= 11 is 1.86. The first-order valence-corrected chi connectivity index (χ1v) is 21.6. The van der Waals surface area contributed by atoms with Crippen LogP contribution >= 0.6 is 11.3 Å². The number of benzene rings is 10. The number of furan rings is 1. The number of nitrogens with zero attached hydrogens (tertiary/aromatic N) is 1. The van der Waals surface area contributed by atoms with Crippen molar-refractivity contribution >= 4 is 81.3 Å². The van der Waals surface area contributed by atoms with Crippen LogP contribution in [0.3, 0.4) is 0 Å². The lowest BCUT2D eigenvalue weighted by Gasteiger charge is -2.28. The Labute approximate surface area is 357 Å². The van der Waals surface area contributed by atoms with Gasteiger partial charge in [0.1, 0.15) is 11.2 Å². The molecule has 12 aromatic rings. The predicted molar refractivity (Wildman–Crippen MR) is 261 cm³/mol. The molecule has 2 aromatic heterocycles. The zero-order chi connectivity index (χ0) is 40.3. The first-order chi connectivity index (χ1) is 30.2. The summed E-state index contributed by atoms with van der Waals surface area (Å²) in [6.45, 7) is 0. The highest BCUT2D eigenvalue weighted by molar-refractivity contribution is 7.25. The van der Waals surface area contributed by atoms with Gasteiger partial charge >= 0.3 is 0 Å². The van der Waals surface area contributed by atoms with Crippen LogP contribution in [0.5, 0.6) is 0 Å². The topological polar surface area (TPSA) is 16.4 Å². The van der Waals surface area contributed by atoms with Crippen LogP contribution in [0.1, 0.15) is 0 Å². The zero-order valence-corrected chi connectivity index (χ0v) is 33.9. The molecule has 0 spiro atoms. The van der Waals surface area contributed by atoms with Gasteiger partial charge in [-0.1, -0.05) is 164 Å². The molecule has 2 nitrogen and oxygen atoms in total. The van der Waals surface area contributed by atoms with Crippen molar-refractivity contribution in [3.8, 4) is 44.5 Å². The van der Waals surface area contributed by atoms with Crippen molar-refractivity contribution in [2.45, 2.75) is 0 Å². The molecule has 0 unspecified atom stereocenters. The summed E-state index contributed by atoms with van der Waals surface area (Å²) in [5.74, 6) is 0. The van der Waals surface area contributed by atoms with Gasteiger partial charge in [0.15, 0.2) is 0 Å². The van der Waals surface area contributed by atoms with Crippen molar-refractivity contribution in [2.75, 3.05) is 4.90 Å². The molecule has 10 aromatic carbocycles. The van der Waals surface area contributed by atoms with Gasteiger partial charge in [-0.05, 0) is 110 Å². The summed E-state index contributed by atoms with van der Waals surface area (Å²) in [6.07, 6.45) is 0. The van der Waals surface area contributed by atoms with Crippen molar-refractivity contribution in [1.29, 1.82) is 0 Å². The maximum atomic E-state index is 6.41. The van der Waals surface area contributed by atoms with E-state index in [9.17, 15) is 0 Å². The van der Waals surface area contributed by atoms with Gasteiger partial charge in [0, 0.05) is 47.9 Å². The molecule has 0 atom stereocenters. The largest absolute Gasteiger partial charge is 0.456 e. The second kappa shape index (κ2) is 14.5. The Balaban J connectivity index is 1.01. The minimum absolute atomic E-state index is 0.882. The summed E-state index contributed by atoms with van der Waals surface area (Å²) in [5, 5.41) is 7.37. The van der Waals surface area contributed by atoms with E-state index in [1.165, 1.54) is 58.8 Å². The lowest BCUT2D eigenvalue weighted by atomic mass is 9.91. The Morgan fingerprint density at radius 3 is 1.82 bits per heavy atom. The Hall–Kier alpha value is -7.72. The molecule has 0 aliphatic carbocycles. The summed E-state index contributed by atoms with van der Waals surface area (Å²) in [6, 6.07) is 81.3. The molecule has 0 saturated carbocycles. The Kier molecular flexibility index (Phi) is 8.39. The third-order valence-electron chi connectivity index (χ3n) is 12.1. The molecule has 286 valence electrons. The fraction of sp³-hybridized carbons (Fsp3) is 0. The fourth-order valence-corrected chi connectivity index (χ4v) is 10.3. The number of rotatable bonds is 7. The molecular weight excluding hydrogens is 759 g/mol. The zero-order valence-electron chi connectivity index (χ0n) is 33.1. The summed E-state index contributed by atoms with van der Waals surface area (Å²) in [7, 11) is 0. The normalized spacial score (nSPS) is 11.6. The minimum atomic E-state index is 0.882. The van der Waals surface area contributed by atoms with E-state index in [-0.39, 0.29) is 0 Å². The second-order valence-electron chi connectivity index (χ2n) is 15.6. The minimum Gasteiger partial charge on any atom is -0.456 e. The molecule has 3 heteroatoms. The smallest absolute Gasteiger partial charge is 0.136 e. The van der Waals surface area contributed by atoms with Crippen LogP contribution in [-0.4, -0.2) is 0 Å². The summed E-state index contributed by atoms with van der Waals surface area (Å²) < 4.78 is 9.04. The van der Waals surface area contributed by atoms with Crippen LogP contribution in [0.4, 0.5) is 17.1 Å². The molecule has 2 heterocycles. The van der Waals surface area contributed by atoms with E-state index >= 15 is 0 Å². The van der Waals surface area contributed by atoms with Crippen LogP contribution in [0.2, 0.25) is 0 Å². The van der Waals surface area contributed by atoms with Crippen LogP contribution in [0.25, 0.3) is 97.4 Å². The highest BCUT2D eigenvalue weighted by atomic mass is 32.1. The van der Waals surface area contributed by atoms with Crippen molar-refractivity contribution in [1.82, 2.24) is 0 Å². The summed E-state index contributed by atoms with van der Waals surface area (Å²) in [4.78, 5) is 2.40. The monoisotopic (exact) mass is 795 g/mol. The van der Waals surface area contributed by atoms with E-state index in [1.54, 1.807) is 0 Å². The third kappa shape index (κ3) is 6.09. The van der Waals surface area contributed by atoms with E-state index < -0.39 is 0 Å². The van der Waals surface area contributed by atoms with E-state index in [0.29, 0.717) is 0 Å². The predicted octanol–water partition coefficient (Wildman–Crippen LogP) is 17.2. The highest BCUT2D eigenvalue weighted by Gasteiger charge is 2.20. The van der Waals surface area contributed by atoms with E-state index in [4.69, 9.17) is 4.42 Å². The molecule has 0 amide bonds. The first-order valence-electron chi connectivity index (χ1n) is 20.7.